The van der Waals surface area contributed by atoms with Crippen molar-refractivity contribution in [2.45, 2.75) is 0 Å². The van der Waals surface area contributed by atoms with Crippen LogP contribution in [-0.2, 0) is 0 Å². The number of ether oxygens (including phenoxy) is 2. The Morgan fingerprint density at radius 1 is 1.30 bits per heavy atom. The highest BCUT2D eigenvalue weighted by Crippen LogP contribution is 2.32. The van der Waals surface area contributed by atoms with Gasteiger partial charge < -0.3 is 15.2 Å². The smallest absolute Gasteiger partial charge is 0.348 e. The lowest BCUT2D eigenvalue weighted by Gasteiger charge is -2.09. The molecule has 0 aliphatic rings. The summed E-state index contributed by atoms with van der Waals surface area (Å²) in [5.41, 5.74) is 6.29. The number of hydrogen-bond acceptors (Lipinski definition) is 6. The van der Waals surface area contributed by atoms with E-state index in [1.54, 1.807) is 18.2 Å². The SMILES string of the molecule is COc1cc(N)ccc1Oc1cc2n[nH]c(=O)n2cn1. The molecule has 0 atom stereocenters. The summed E-state index contributed by atoms with van der Waals surface area (Å²) in [6.07, 6.45) is 1.33. The van der Waals surface area contributed by atoms with Gasteiger partial charge in [-0.05, 0) is 12.1 Å². The number of aromatic amines is 1. The van der Waals surface area contributed by atoms with E-state index >= 15 is 0 Å². The molecule has 0 saturated carbocycles. The Bertz CT molecular complexity index is 823. The molecule has 2 heterocycles. The molecule has 0 amide bonds. The predicted octanol–water partition coefficient (Wildman–Crippen LogP) is 0.801. The molecule has 0 radical (unpaired) electrons. The zero-order chi connectivity index (χ0) is 14.1. The lowest BCUT2D eigenvalue weighted by Crippen LogP contribution is -2.09. The van der Waals surface area contributed by atoms with Crippen molar-refractivity contribution >= 4 is 11.3 Å². The molecule has 0 saturated heterocycles. The molecule has 0 bridgehead atoms. The number of anilines is 1. The molecule has 1 aromatic carbocycles. The summed E-state index contributed by atoms with van der Waals surface area (Å²) >= 11 is 0. The number of nitrogens with one attached hydrogen (secondary N) is 1. The molecule has 0 aliphatic carbocycles. The van der Waals surface area contributed by atoms with E-state index in [1.807, 2.05) is 0 Å². The summed E-state index contributed by atoms with van der Waals surface area (Å²) in [5, 5.41) is 6.15. The summed E-state index contributed by atoms with van der Waals surface area (Å²) in [6, 6.07) is 6.55. The van der Waals surface area contributed by atoms with Crippen LogP contribution in [0.3, 0.4) is 0 Å². The van der Waals surface area contributed by atoms with Crippen molar-refractivity contribution in [3.63, 3.8) is 0 Å². The zero-order valence-corrected chi connectivity index (χ0v) is 10.5. The van der Waals surface area contributed by atoms with Crippen molar-refractivity contribution in [2.24, 2.45) is 0 Å². The molecule has 0 aliphatic heterocycles. The number of methoxy groups -OCH3 is 1. The fourth-order valence-corrected chi connectivity index (χ4v) is 1.73. The Balaban J connectivity index is 1.98. The van der Waals surface area contributed by atoms with Gasteiger partial charge in [-0.1, -0.05) is 0 Å². The first kappa shape index (κ1) is 12.0. The van der Waals surface area contributed by atoms with Crippen LogP contribution >= 0.6 is 0 Å². The number of benzene rings is 1. The van der Waals surface area contributed by atoms with Crippen LogP contribution in [0, 0.1) is 0 Å². The molecule has 0 fully saturated rings. The van der Waals surface area contributed by atoms with Gasteiger partial charge in [0.1, 0.15) is 6.33 Å². The number of nitrogens with zero attached hydrogens (tertiary/aromatic N) is 3. The summed E-state index contributed by atoms with van der Waals surface area (Å²) in [7, 11) is 1.52. The fraction of sp³-hybridized carbons (Fsp3) is 0.0833. The van der Waals surface area contributed by atoms with Gasteiger partial charge in [0, 0.05) is 17.8 Å². The predicted molar refractivity (Wildman–Crippen MR) is 71.1 cm³/mol. The number of hydrogen-bond donors (Lipinski definition) is 2. The van der Waals surface area contributed by atoms with Gasteiger partial charge in [0.25, 0.3) is 0 Å². The highest BCUT2D eigenvalue weighted by Gasteiger charge is 2.09. The van der Waals surface area contributed by atoms with E-state index < -0.39 is 0 Å². The van der Waals surface area contributed by atoms with Gasteiger partial charge in [-0.3, -0.25) is 0 Å². The molecule has 8 nitrogen and oxygen atoms in total. The van der Waals surface area contributed by atoms with Crippen LogP contribution in [0.1, 0.15) is 0 Å². The largest absolute Gasteiger partial charge is 0.493 e. The lowest BCUT2D eigenvalue weighted by molar-refractivity contribution is 0.374. The highest BCUT2D eigenvalue weighted by atomic mass is 16.5. The van der Waals surface area contributed by atoms with E-state index in [0.29, 0.717) is 28.7 Å². The first-order chi connectivity index (χ1) is 9.67. The Hall–Kier alpha value is -3.03. The van der Waals surface area contributed by atoms with E-state index in [0.717, 1.165) is 0 Å². The van der Waals surface area contributed by atoms with E-state index in [4.69, 9.17) is 15.2 Å². The van der Waals surface area contributed by atoms with Crippen molar-refractivity contribution in [3.05, 3.63) is 41.1 Å². The summed E-state index contributed by atoms with van der Waals surface area (Å²) < 4.78 is 12.1. The van der Waals surface area contributed by atoms with Gasteiger partial charge in [0.05, 0.1) is 7.11 Å². The third kappa shape index (κ3) is 2.03. The number of nitrogens with two attached hydrogens (primary N) is 1. The molecule has 2 aromatic heterocycles. The molecule has 3 aromatic rings. The van der Waals surface area contributed by atoms with Crippen molar-refractivity contribution in [1.29, 1.82) is 0 Å². The van der Waals surface area contributed by atoms with E-state index in [1.165, 1.54) is 23.9 Å². The summed E-state index contributed by atoms with van der Waals surface area (Å²) in [4.78, 5) is 15.3. The van der Waals surface area contributed by atoms with Crippen molar-refractivity contribution in [3.8, 4) is 17.4 Å². The minimum Gasteiger partial charge on any atom is -0.493 e. The number of aromatic nitrogens is 4. The summed E-state index contributed by atoms with van der Waals surface area (Å²) in [6.45, 7) is 0. The van der Waals surface area contributed by atoms with E-state index in [2.05, 4.69) is 15.2 Å². The molecule has 8 heteroatoms. The topological polar surface area (TPSA) is 108 Å². The fourth-order valence-electron chi connectivity index (χ4n) is 1.73. The normalized spacial score (nSPS) is 10.7. The van der Waals surface area contributed by atoms with Gasteiger partial charge in [0.15, 0.2) is 17.1 Å². The van der Waals surface area contributed by atoms with Gasteiger partial charge in [-0.25, -0.2) is 19.3 Å². The Morgan fingerprint density at radius 2 is 2.15 bits per heavy atom. The van der Waals surface area contributed by atoms with Crippen LogP contribution in [0.5, 0.6) is 17.4 Å². The first-order valence-electron chi connectivity index (χ1n) is 5.71. The van der Waals surface area contributed by atoms with Gasteiger partial charge in [0.2, 0.25) is 5.88 Å². The minimum atomic E-state index is -0.357. The number of H-pyrrole nitrogens is 1. The van der Waals surface area contributed by atoms with Crippen LogP contribution in [0.15, 0.2) is 35.4 Å². The molecule has 20 heavy (non-hydrogen) atoms. The first-order valence-corrected chi connectivity index (χ1v) is 5.71. The second-order valence-corrected chi connectivity index (χ2v) is 4.00. The van der Waals surface area contributed by atoms with Crippen LogP contribution in [0.2, 0.25) is 0 Å². The lowest BCUT2D eigenvalue weighted by atomic mass is 10.3. The Kier molecular flexibility index (Phi) is 2.75. The number of nitrogen functional groups attached to an aromatic ring is 1. The van der Waals surface area contributed by atoms with Crippen LogP contribution in [0.25, 0.3) is 5.65 Å². The molecule has 102 valence electrons. The molecule has 3 rings (SSSR count). The quantitative estimate of drug-likeness (QED) is 0.683. The van der Waals surface area contributed by atoms with Crippen LogP contribution in [0.4, 0.5) is 5.69 Å². The second-order valence-electron chi connectivity index (χ2n) is 4.00. The van der Waals surface area contributed by atoms with Crippen LogP contribution < -0.4 is 20.9 Å². The third-order valence-corrected chi connectivity index (χ3v) is 2.69. The third-order valence-electron chi connectivity index (χ3n) is 2.69. The average Bonchev–Trinajstić information content (AvgIpc) is 2.82. The number of rotatable bonds is 3. The van der Waals surface area contributed by atoms with E-state index in [9.17, 15) is 4.79 Å². The minimum absolute atomic E-state index is 0.291. The molecule has 3 N–H and O–H groups in total. The van der Waals surface area contributed by atoms with Crippen molar-refractivity contribution in [2.75, 3.05) is 12.8 Å². The maximum atomic E-state index is 11.3. The number of fused-ring (bicyclic) bond motifs is 1. The summed E-state index contributed by atoms with van der Waals surface area (Å²) in [5.74, 6) is 1.25. The van der Waals surface area contributed by atoms with Gasteiger partial charge >= 0.3 is 5.69 Å². The molecular weight excluding hydrogens is 262 g/mol. The Labute approximate surface area is 112 Å². The maximum absolute atomic E-state index is 11.3. The second kappa shape index (κ2) is 4.57. The van der Waals surface area contributed by atoms with Gasteiger partial charge in [-0.15, -0.1) is 0 Å². The van der Waals surface area contributed by atoms with Crippen molar-refractivity contribution in [1.82, 2.24) is 19.6 Å². The Morgan fingerprint density at radius 3 is 2.95 bits per heavy atom. The maximum Gasteiger partial charge on any atom is 0.348 e. The standard InChI is InChI=1S/C12H11N5O3/c1-19-9-4-7(13)2-3-8(9)20-11-5-10-15-16-12(18)17(10)6-14-11/h2-6H,13H2,1H3,(H,16,18). The molecular formula is C12H11N5O3. The molecule has 0 spiro atoms. The molecule has 0 unspecified atom stereocenters. The monoisotopic (exact) mass is 273 g/mol. The average molecular weight is 273 g/mol. The zero-order valence-electron chi connectivity index (χ0n) is 10.5. The highest BCUT2D eigenvalue weighted by molar-refractivity contribution is 5.53. The van der Waals surface area contributed by atoms with Gasteiger partial charge in [-0.2, -0.15) is 5.10 Å². The van der Waals surface area contributed by atoms with Crippen molar-refractivity contribution < 1.29 is 9.47 Å². The van der Waals surface area contributed by atoms with Crippen LogP contribution in [-0.4, -0.2) is 26.7 Å². The van der Waals surface area contributed by atoms with E-state index in [-0.39, 0.29) is 5.69 Å².